The van der Waals surface area contributed by atoms with Gasteiger partial charge in [-0.3, -0.25) is 9.59 Å². The zero-order valence-corrected chi connectivity index (χ0v) is 11.5. The average Bonchev–Trinajstić information content (AvgIpc) is 2.28. The molecule has 94 valence electrons. The number of ether oxygens (including phenoxy) is 2. The van der Waals surface area contributed by atoms with Crippen molar-refractivity contribution in [2.24, 2.45) is 0 Å². The van der Waals surface area contributed by atoms with Gasteiger partial charge >= 0.3 is 11.9 Å². The van der Waals surface area contributed by atoms with Gasteiger partial charge in [0, 0.05) is 16.1 Å². The van der Waals surface area contributed by atoms with Crippen molar-refractivity contribution >= 4 is 35.5 Å². The van der Waals surface area contributed by atoms with E-state index in [1.807, 2.05) is 0 Å². The van der Waals surface area contributed by atoms with Crippen LogP contribution in [0.15, 0.2) is 0 Å². The minimum Gasteiger partial charge on any atom is -0.469 e. The third-order valence-electron chi connectivity index (χ3n) is 1.77. The van der Waals surface area contributed by atoms with Gasteiger partial charge in [0.1, 0.15) is 0 Å². The van der Waals surface area contributed by atoms with Crippen molar-refractivity contribution in [1.29, 1.82) is 0 Å². The monoisotopic (exact) mass is 266 g/mol. The molecule has 0 saturated heterocycles. The number of carbonyl (C=O) groups excluding carboxylic acids is 2. The second-order valence-electron chi connectivity index (χ2n) is 2.96. The summed E-state index contributed by atoms with van der Waals surface area (Å²) in [4.78, 5) is 21.7. The first-order valence-electron chi connectivity index (χ1n) is 4.97. The molecule has 0 heterocycles. The molecule has 0 aromatic carbocycles. The van der Waals surface area contributed by atoms with E-state index in [2.05, 4.69) is 16.4 Å². The van der Waals surface area contributed by atoms with Crippen molar-refractivity contribution in [3.8, 4) is 0 Å². The molecule has 0 N–H and O–H groups in total. The summed E-state index contributed by atoms with van der Waals surface area (Å²) in [6.45, 7) is 2.06. The maximum Gasteiger partial charge on any atom is 0.306 e. The fourth-order valence-corrected chi connectivity index (χ4v) is 3.06. The molecule has 0 rings (SSSR count). The van der Waals surface area contributed by atoms with Crippen LogP contribution in [0, 0.1) is 0 Å². The summed E-state index contributed by atoms with van der Waals surface area (Å²) in [5, 5.41) is 0. The Bertz CT molecular complexity index is 199. The predicted molar refractivity (Wildman–Crippen MR) is 67.6 cm³/mol. The van der Waals surface area contributed by atoms with E-state index in [0.29, 0.717) is 17.4 Å². The van der Waals surface area contributed by atoms with E-state index in [-0.39, 0.29) is 11.9 Å². The summed E-state index contributed by atoms with van der Waals surface area (Å²) in [7, 11) is 2.78. The minimum absolute atomic E-state index is 0.181. The fraction of sp³-hybridized carbons (Fsp3) is 0.800. The molecule has 0 aromatic rings. The molecule has 0 bridgehead atoms. The normalized spacial score (nSPS) is 10.2. The fourth-order valence-electron chi connectivity index (χ4n) is 0.869. The summed E-state index contributed by atoms with van der Waals surface area (Å²) in [5.41, 5.74) is 0. The van der Waals surface area contributed by atoms with Crippen molar-refractivity contribution in [3.63, 3.8) is 0 Å². The summed E-state index contributed by atoms with van der Waals surface area (Å²) in [6.07, 6.45) is 0.867. The number of hydrogen-bond donors (Lipinski definition) is 0. The van der Waals surface area contributed by atoms with Gasteiger partial charge in [0.2, 0.25) is 0 Å². The van der Waals surface area contributed by atoms with Crippen LogP contribution in [0.25, 0.3) is 0 Å². The van der Waals surface area contributed by atoms with Crippen molar-refractivity contribution in [1.82, 2.24) is 0 Å². The maximum absolute atomic E-state index is 10.8. The van der Waals surface area contributed by atoms with E-state index >= 15 is 0 Å². The minimum atomic E-state index is -0.181. The van der Waals surface area contributed by atoms with Gasteiger partial charge < -0.3 is 9.47 Å². The number of rotatable bonds is 8. The highest BCUT2D eigenvalue weighted by molar-refractivity contribution is 8.16. The van der Waals surface area contributed by atoms with Crippen LogP contribution in [0.3, 0.4) is 0 Å². The Labute approximate surface area is 105 Å². The first-order valence-corrected chi connectivity index (χ1v) is 7.06. The third kappa shape index (κ3) is 8.91. The van der Waals surface area contributed by atoms with Crippen LogP contribution in [0.2, 0.25) is 0 Å². The van der Waals surface area contributed by atoms with Gasteiger partial charge in [0.25, 0.3) is 0 Å². The van der Waals surface area contributed by atoms with Crippen molar-refractivity contribution in [2.75, 3.05) is 25.7 Å². The molecule has 0 fully saturated rings. The third-order valence-corrected chi connectivity index (χ3v) is 4.41. The zero-order valence-electron chi connectivity index (χ0n) is 9.86. The molecule has 0 aliphatic heterocycles. The number of thioether (sulfide) groups is 2. The molecule has 0 aliphatic carbocycles. The van der Waals surface area contributed by atoms with Crippen molar-refractivity contribution in [2.45, 2.75) is 24.3 Å². The average molecular weight is 266 g/mol. The van der Waals surface area contributed by atoms with Crippen LogP contribution in [0.4, 0.5) is 0 Å². The number of hydrogen-bond acceptors (Lipinski definition) is 6. The molecular formula is C10H18O4S2. The molecule has 0 atom stereocenters. The smallest absolute Gasteiger partial charge is 0.306 e. The lowest BCUT2D eigenvalue weighted by atomic mass is 10.5. The quantitative estimate of drug-likeness (QED) is 0.494. The number of carbonyl (C=O) groups is 2. The van der Waals surface area contributed by atoms with Crippen molar-refractivity contribution in [3.05, 3.63) is 0 Å². The summed E-state index contributed by atoms with van der Waals surface area (Å²) < 4.78 is 9.45. The van der Waals surface area contributed by atoms with Crippen LogP contribution in [-0.2, 0) is 19.1 Å². The highest BCUT2D eigenvalue weighted by atomic mass is 32.2. The van der Waals surface area contributed by atoms with Crippen LogP contribution in [0.1, 0.15) is 19.8 Å². The van der Waals surface area contributed by atoms with Crippen LogP contribution in [0.5, 0.6) is 0 Å². The lowest BCUT2D eigenvalue weighted by molar-refractivity contribution is -0.140. The van der Waals surface area contributed by atoms with Crippen molar-refractivity contribution < 1.29 is 19.1 Å². The molecular weight excluding hydrogens is 248 g/mol. The van der Waals surface area contributed by atoms with Gasteiger partial charge in [-0.1, -0.05) is 0 Å². The van der Waals surface area contributed by atoms with E-state index in [4.69, 9.17) is 0 Å². The van der Waals surface area contributed by atoms with Gasteiger partial charge in [-0.25, -0.2) is 0 Å². The highest BCUT2D eigenvalue weighted by Crippen LogP contribution is 2.24. The Hall–Kier alpha value is -0.360. The Morgan fingerprint density at radius 1 is 1.00 bits per heavy atom. The van der Waals surface area contributed by atoms with Gasteiger partial charge in [0.15, 0.2) is 0 Å². The van der Waals surface area contributed by atoms with Crippen LogP contribution >= 0.6 is 23.5 Å². The summed E-state index contributed by atoms with van der Waals surface area (Å²) in [5.74, 6) is 1.14. The largest absolute Gasteiger partial charge is 0.469 e. The second-order valence-corrected chi connectivity index (χ2v) is 6.16. The molecule has 6 heteroatoms. The van der Waals surface area contributed by atoms with Crippen LogP contribution in [-0.4, -0.2) is 42.2 Å². The Morgan fingerprint density at radius 2 is 1.38 bits per heavy atom. The Morgan fingerprint density at radius 3 is 1.69 bits per heavy atom. The van der Waals surface area contributed by atoms with E-state index in [0.717, 1.165) is 11.5 Å². The Kier molecular flexibility index (Phi) is 9.62. The van der Waals surface area contributed by atoms with Gasteiger partial charge in [0.05, 0.1) is 27.1 Å². The Balaban J connectivity index is 3.41. The molecule has 0 amide bonds. The molecule has 0 spiro atoms. The first-order chi connectivity index (χ1) is 7.60. The lowest BCUT2D eigenvalue weighted by Crippen LogP contribution is -2.05. The lowest BCUT2D eigenvalue weighted by Gasteiger charge is -2.09. The molecule has 16 heavy (non-hydrogen) atoms. The zero-order chi connectivity index (χ0) is 12.4. The maximum atomic E-state index is 10.8. The molecule has 0 unspecified atom stereocenters. The van der Waals surface area contributed by atoms with Crippen LogP contribution < -0.4 is 0 Å². The van der Waals surface area contributed by atoms with E-state index in [1.165, 1.54) is 14.2 Å². The highest BCUT2D eigenvalue weighted by Gasteiger charge is 2.07. The predicted octanol–water partition coefficient (Wildman–Crippen LogP) is 1.93. The molecule has 0 aliphatic rings. The molecule has 4 nitrogen and oxygen atoms in total. The SMILES string of the molecule is COC(=O)CCSC(C)SCCC(=O)OC. The topological polar surface area (TPSA) is 52.6 Å². The first kappa shape index (κ1) is 15.6. The molecule has 0 aromatic heterocycles. The molecule has 0 radical (unpaired) electrons. The van der Waals surface area contributed by atoms with Gasteiger partial charge in [-0.15, -0.1) is 23.5 Å². The number of methoxy groups -OCH3 is 2. The number of esters is 2. The van der Waals surface area contributed by atoms with Gasteiger partial charge in [-0.05, 0) is 6.92 Å². The second kappa shape index (κ2) is 9.84. The standard InChI is InChI=1S/C10H18O4S2/c1-8(15-6-4-9(11)13-2)16-7-5-10(12)14-3/h8H,4-7H2,1-3H3. The summed E-state index contributed by atoms with van der Waals surface area (Å²) >= 11 is 3.38. The summed E-state index contributed by atoms with van der Waals surface area (Å²) in [6, 6.07) is 0. The van der Waals surface area contributed by atoms with Gasteiger partial charge in [-0.2, -0.15) is 0 Å². The molecule has 0 saturated carbocycles. The van der Waals surface area contributed by atoms with E-state index < -0.39 is 0 Å². The van der Waals surface area contributed by atoms with E-state index in [1.54, 1.807) is 23.5 Å². The van der Waals surface area contributed by atoms with E-state index in [9.17, 15) is 9.59 Å².